The third-order valence-corrected chi connectivity index (χ3v) is 10.0. The lowest BCUT2D eigenvalue weighted by Crippen LogP contribution is -2.30. The van der Waals surface area contributed by atoms with E-state index in [9.17, 15) is 8.78 Å². The molecule has 0 heterocycles. The number of hydrogen-bond acceptors (Lipinski definition) is 2. The molecule has 0 spiro atoms. The van der Waals surface area contributed by atoms with Crippen molar-refractivity contribution in [2.24, 2.45) is 29.6 Å². The Morgan fingerprint density at radius 1 is 0.700 bits per heavy atom. The summed E-state index contributed by atoms with van der Waals surface area (Å²) in [5.41, 5.74) is 2.32. The molecule has 0 aliphatic heterocycles. The van der Waals surface area contributed by atoms with Crippen LogP contribution in [-0.4, -0.2) is 6.61 Å². The molecule has 4 atom stereocenters. The molecule has 218 valence electrons. The third kappa shape index (κ3) is 7.28. The molecule has 4 unspecified atom stereocenters. The predicted molar refractivity (Wildman–Crippen MR) is 159 cm³/mol. The number of allylic oxidation sites excluding steroid dienone is 2. The van der Waals surface area contributed by atoms with E-state index in [1.54, 1.807) is 6.92 Å². The Kier molecular flexibility index (Phi) is 10.2. The van der Waals surface area contributed by atoms with Crippen LogP contribution in [0.25, 0.3) is 0 Å². The van der Waals surface area contributed by atoms with Gasteiger partial charge in [0.2, 0.25) is 11.6 Å². The minimum absolute atomic E-state index is 0.0889. The van der Waals surface area contributed by atoms with E-state index in [4.69, 9.17) is 9.47 Å². The number of halogens is 2. The summed E-state index contributed by atoms with van der Waals surface area (Å²) in [4.78, 5) is 0. The molecule has 40 heavy (non-hydrogen) atoms. The molecular weight excluding hydrogens is 502 g/mol. The number of benzene rings is 2. The van der Waals surface area contributed by atoms with Gasteiger partial charge in [-0.2, -0.15) is 8.78 Å². The summed E-state index contributed by atoms with van der Waals surface area (Å²) in [5.74, 6) is 2.96. The Hall–Kier alpha value is -2.36. The molecule has 0 aromatic heterocycles. The fourth-order valence-corrected chi connectivity index (χ4v) is 7.77. The van der Waals surface area contributed by atoms with Crippen LogP contribution in [0.3, 0.4) is 0 Å². The first-order chi connectivity index (χ1) is 19.5. The molecular formula is C36H48F2O2. The zero-order valence-corrected chi connectivity index (χ0v) is 24.6. The summed E-state index contributed by atoms with van der Waals surface area (Å²) in [6.45, 7) is 4.55. The van der Waals surface area contributed by atoms with Gasteiger partial charge in [0, 0.05) is 0 Å². The van der Waals surface area contributed by atoms with Crippen molar-refractivity contribution in [3.05, 3.63) is 71.3 Å². The van der Waals surface area contributed by atoms with Crippen molar-refractivity contribution in [2.45, 2.75) is 103 Å². The van der Waals surface area contributed by atoms with Crippen molar-refractivity contribution in [1.29, 1.82) is 0 Å². The zero-order chi connectivity index (χ0) is 27.9. The Morgan fingerprint density at radius 2 is 1.32 bits per heavy atom. The van der Waals surface area contributed by atoms with Crippen LogP contribution in [-0.2, 0) is 6.61 Å². The van der Waals surface area contributed by atoms with Crippen LogP contribution in [0.15, 0.2) is 48.6 Å². The SMILES string of the molecule is CCCC1CCC2CC(/C=C/C3CCC(c4ccc(COc5ccc(OCC)c(F)c5F)cc4)CC3)CCC2C1. The van der Waals surface area contributed by atoms with Crippen LogP contribution < -0.4 is 9.47 Å². The van der Waals surface area contributed by atoms with Crippen molar-refractivity contribution in [3.63, 3.8) is 0 Å². The van der Waals surface area contributed by atoms with E-state index in [0.717, 1.165) is 35.2 Å². The highest BCUT2D eigenvalue weighted by atomic mass is 19.2. The first-order valence-corrected chi connectivity index (χ1v) is 16.0. The van der Waals surface area contributed by atoms with Gasteiger partial charge in [0.05, 0.1) is 6.61 Å². The smallest absolute Gasteiger partial charge is 0.204 e. The van der Waals surface area contributed by atoms with E-state index >= 15 is 0 Å². The fourth-order valence-electron chi connectivity index (χ4n) is 7.77. The summed E-state index contributed by atoms with van der Waals surface area (Å²) >= 11 is 0. The average molecular weight is 551 g/mol. The number of fused-ring (bicyclic) bond motifs is 1. The molecule has 0 amide bonds. The molecule has 2 aromatic rings. The van der Waals surface area contributed by atoms with Gasteiger partial charge in [-0.25, -0.2) is 0 Å². The van der Waals surface area contributed by atoms with Crippen molar-refractivity contribution in [3.8, 4) is 11.5 Å². The van der Waals surface area contributed by atoms with E-state index in [2.05, 4.69) is 43.3 Å². The van der Waals surface area contributed by atoms with Gasteiger partial charge in [-0.3, -0.25) is 0 Å². The number of rotatable bonds is 10. The molecule has 2 nitrogen and oxygen atoms in total. The second kappa shape index (κ2) is 14.0. The Morgan fingerprint density at radius 3 is 2.02 bits per heavy atom. The van der Waals surface area contributed by atoms with Gasteiger partial charge in [0.15, 0.2) is 11.5 Å². The highest BCUT2D eigenvalue weighted by Gasteiger charge is 2.34. The van der Waals surface area contributed by atoms with Gasteiger partial charge in [0.1, 0.15) is 6.61 Å². The Labute approximate surface area is 240 Å². The lowest BCUT2D eigenvalue weighted by Gasteiger charge is -2.41. The molecule has 0 bridgehead atoms. The summed E-state index contributed by atoms with van der Waals surface area (Å²) < 4.78 is 39.1. The molecule has 2 aromatic carbocycles. The van der Waals surface area contributed by atoms with Gasteiger partial charge >= 0.3 is 0 Å². The highest BCUT2D eigenvalue weighted by molar-refractivity contribution is 5.35. The van der Waals surface area contributed by atoms with E-state index in [1.165, 1.54) is 94.7 Å². The van der Waals surface area contributed by atoms with E-state index in [-0.39, 0.29) is 24.7 Å². The molecule has 5 rings (SSSR count). The van der Waals surface area contributed by atoms with Crippen molar-refractivity contribution in [2.75, 3.05) is 6.61 Å². The van der Waals surface area contributed by atoms with E-state index in [1.807, 2.05) is 0 Å². The summed E-state index contributed by atoms with van der Waals surface area (Å²) in [5, 5.41) is 0. The van der Waals surface area contributed by atoms with E-state index < -0.39 is 11.6 Å². The van der Waals surface area contributed by atoms with Gasteiger partial charge in [-0.05, 0) is 123 Å². The Bertz CT molecular complexity index is 1100. The number of ether oxygens (including phenoxy) is 2. The lowest BCUT2D eigenvalue weighted by molar-refractivity contribution is 0.107. The predicted octanol–water partition coefficient (Wildman–Crippen LogP) is 10.4. The summed E-state index contributed by atoms with van der Waals surface area (Å²) in [7, 11) is 0. The van der Waals surface area contributed by atoms with Crippen molar-refractivity contribution < 1.29 is 18.3 Å². The third-order valence-electron chi connectivity index (χ3n) is 10.0. The minimum Gasteiger partial charge on any atom is -0.491 e. The standard InChI is InChI=1S/C36H48F2O2/c1-3-5-26-10-18-32-23-27(11-19-31(32)22-26)7-6-25-8-14-29(15-9-25)30-16-12-28(13-17-30)24-40-34-21-20-33(39-4-2)35(37)36(34)38/h6-7,12-13,16-17,20-21,25-27,29,31-32H,3-5,8-11,14-15,18-19,22-24H2,1-2H3/b7-6+. The molecule has 0 N–H and O–H groups in total. The van der Waals surface area contributed by atoms with Gasteiger partial charge < -0.3 is 9.47 Å². The average Bonchev–Trinajstić information content (AvgIpc) is 2.99. The second-order valence-corrected chi connectivity index (χ2v) is 12.7. The molecule has 0 radical (unpaired) electrons. The van der Waals surface area contributed by atoms with E-state index in [0.29, 0.717) is 5.92 Å². The Balaban J connectivity index is 1.05. The molecule has 3 fully saturated rings. The van der Waals surface area contributed by atoms with Crippen LogP contribution in [0.2, 0.25) is 0 Å². The maximum Gasteiger partial charge on any atom is 0.204 e. The van der Waals surface area contributed by atoms with Crippen LogP contribution in [0.4, 0.5) is 8.78 Å². The number of hydrogen-bond donors (Lipinski definition) is 0. The monoisotopic (exact) mass is 550 g/mol. The largest absolute Gasteiger partial charge is 0.491 e. The normalized spacial score (nSPS) is 28.8. The minimum atomic E-state index is -1.00. The fraction of sp³-hybridized carbons (Fsp3) is 0.611. The van der Waals surface area contributed by atoms with Gasteiger partial charge in [0.25, 0.3) is 0 Å². The molecule has 3 aliphatic carbocycles. The van der Waals surface area contributed by atoms with Crippen LogP contribution in [0, 0.1) is 41.2 Å². The van der Waals surface area contributed by atoms with Crippen molar-refractivity contribution >= 4 is 0 Å². The summed E-state index contributed by atoms with van der Waals surface area (Å²) in [6, 6.07) is 11.3. The molecule has 0 saturated heterocycles. The molecule has 3 saturated carbocycles. The molecule has 3 aliphatic rings. The lowest BCUT2D eigenvalue weighted by atomic mass is 9.64. The first-order valence-electron chi connectivity index (χ1n) is 16.0. The van der Waals surface area contributed by atoms with Crippen LogP contribution >= 0.6 is 0 Å². The highest BCUT2D eigenvalue weighted by Crippen LogP contribution is 2.46. The van der Waals surface area contributed by atoms with Crippen LogP contribution in [0.1, 0.15) is 108 Å². The maximum absolute atomic E-state index is 14.3. The first kappa shape index (κ1) is 29.1. The van der Waals surface area contributed by atoms with Gasteiger partial charge in [-0.15, -0.1) is 0 Å². The van der Waals surface area contributed by atoms with Crippen molar-refractivity contribution in [1.82, 2.24) is 0 Å². The quantitative estimate of drug-likeness (QED) is 0.274. The van der Waals surface area contributed by atoms with Gasteiger partial charge in [-0.1, -0.05) is 62.6 Å². The zero-order valence-electron chi connectivity index (χ0n) is 24.6. The maximum atomic E-state index is 14.3. The molecule has 4 heteroatoms. The second-order valence-electron chi connectivity index (χ2n) is 12.7. The topological polar surface area (TPSA) is 18.5 Å². The van der Waals surface area contributed by atoms with Crippen LogP contribution in [0.5, 0.6) is 11.5 Å². The summed E-state index contributed by atoms with van der Waals surface area (Å²) in [6.07, 6.45) is 21.7.